The number of rotatable bonds is 5. The van der Waals surface area contributed by atoms with Crippen molar-refractivity contribution in [1.29, 1.82) is 0 Å². The number of aromatic nitrogens is 2. The van der Waals surface area contributed by atoms with Crippen LogP contribution in [0.5, 0.6) is 0 Å². The standard InChI is InChI=1S/C20H24N4O/c25-20(4-3-16-2-1-7-22-10-16)24-14-18-12-23(13-19(18)15-24)11-17-5-8-21-9-6-17/h1-2,5-10,18-19H,3-4,11-15H2/t18-,19-/m1/s1. The van der Waals surface area contributed by atoms with E-state index in [0.717, 1.165) is 44.7 Å². The number of aryl methyl sites for hydroxylation is 1. The number of pyridine rings is 2. The zero-order valence-corrected chi connectivity index (χ0v) is 14.4. The number of likely N-dealkylation sites (tertiary alicyclic amines) is 2. The Morgan fingerprint density at radius 2 is 1.72 bits per heavy atom. The molecule has 2 aliphatic rings. The first-order valence-corrected chi connectivity index (χ1v) is 9.06. The predicted molar refractivity (Wildman–Crippen MR) is 95.6 cm³/mol. The van der Waals surface area contributed by atoms with E-state index in [4.69, 9.17) is 0 Å². The number of carbonyl (C=O) groups excluding carboxylic acids is 1. The first-order chi connectivity index (χ1) is 12.3. The molecule has 130 valence electrons. The Hall–Kier alpha value is -2.27. The van der Waals surface area contributed by atoms with E-state index in [1.165, 1.54) is 5.56 Å². The third kappa shape index (κ3) is 3.87. The van der Waals surface area contributed by atoms with Gasteiger partial charge in [-0.3, -0.25) is 19.7 Å². The van der Waals surface area contributed by atoms with Crippen molar-refractivity contribution < 1.29 is 4.79 Å². The summed E-state index contributed by atoms with van der Waals surface area (Å²) in [5.74, 6) is 1.55. The number of hydrogen-bond acceptors (Lipinski definition) is 4. The van der Waals surface area contributed by atoms with Crippen LogP contribution in [-0.4, -0.2) is 51.9 Å². The molecule has 2 fully saturated rings. The van der Waals surface area contributed by atoms with Crippen molar-refractivity contribution >= 4 is 5.91 Å². The molecule has 4 rings (SSSR count). The third-order valence-electron chi connectivity index (χ3n) is 5.42. The van der Waals surface area contributed by atoms with Crippen molar-refractivity contribution in [2.24, 2.45) is 11.8 Å². The Morgan fingerprint density at radius 3 is 2.40 bits per heavy atom. The monoisotopic (exact) mass is 336 g/mol. The largest absolute Gasteiger partial charge is 0.342 e. The number of amides is 1. The fourth-order valence-electron chi connectivity index (χ4n) is 4.12. The maximum Gasteiger partial charge on any atom is 0.222 e. The lowest BCUT2D eigenvalue weighted by molar-refractivity contribution is -0.130. The Labute approximate surface area is 148 Å². The predicted octanol–water partition coefficient (Wildman–Crippen LogP) is 2.00. The first-order valence-electron chi connectivity index (χ1n) is 9.06. The van der Waals surface area contributed by atoms with E-state index in [1.54, 1.807) is 6.20 Å². The van der Waals surface area contributed by atoms with E-state index >= 15 is 0 Å². The summed E-state index contributed by atoms with van der Waals surface area (Å²) in [5, 5.41) is 0. The van der Waals surface area contributed by atoms with Crippen molar-refractivity contribution in [2.75, 3.05) is 26.2 Å². The molecule has 0 spiro atoms. The minimum Gasteiger partial charge on any atom is -0.342 e. The second-order valence-electron chi connectivity index (χ2n) is 7.23. The van der Waals surface area contributed by atoms with E-state index < -0.39 is 0 Å². The van der Waals surface area contributed by atoms with E-state index in [1.807, 2.05) is 30.7 Å². The molecular weight excluding hydrogens is 312 g/mol. The summed E-state index contributed by atoms with van der Waals surface area (Å²) in [6.45, 7) is 5.02. The van der Waals surface area contributed by atoms with Crippen LogP contribution in [0.25, 0.3) is 0 Å². The smallest absolute Gasteiger partial charge is 0.222 e. The third-order valence-corrected chi connectivity index (χ3v) is 5.42. The molecule has 0 bridgehead atoms. The second kappa shape index (κ2) is 7.31. The van der Waals surface area contributed by atoms with Crippen LogP contribution in [0, 0.1) is 11.8 Å². The van der Waals surface area contributed by atoms with Crippen LogP contribution < -0.4 is 0 Å². The molecule has 0 aliphatic carbocycles. The molecule has 1 amide bonds. The lowest BCUT2D eigenvalue weighted by Crippen LogP contribution is -2.33. The van der Waals surface area contributed by atoms with Crippen molar-refractivity contribution in [3.8, 4) is 0 Å². The molecule has 0 radical (unpaired) electrons. The normalized spacial score (nSPS) is 23.0. The van der Waals surface area contributed by atoms with Crippen LogP contribution in [0.3, 0.4) is 0 Å². The number of nitrogens with zero attached hydrogens (tertiary/aromatic N) is 4. The zero-order chi connectivity index (χ0) is 17.1. The van der Waals surface area contributed by atoms with Crippen LogP contribution >= 0.6 is 0 Å². The van der Waals surface area contributed by atoms with Gasteiger partial charge in [0.15, 0.2) is 0 Å². The van der Waals surface area contributed by atoms with Crippen molar-refractivity contribution in [3.63, 3.8) is 0 Å². The van der Waals surface area contributed by atoms with Crippen molar-refractivity contribution in [3.05, 3.63) is 60.2 Å². The average Bonchev–Trinajstić information content (AvgIpc) is 3.20. The molecule has 5 nitrogen and oxygen atoms in total. The van der Waals surface area contributed by atoms with Gasteiger partial charge in [0.25, 0.3) is 0 Å². The van der Waals surface area contributed by atoms with Crippen LogP contribution in [-0.2, 0) is 17.8 Å². The van der Waals surface area contributed by atoms with Crippen LogP contribution in [0.15, 0.2) is 49.1 Å². The van der Waals surface area contributed by atoms with Crippen molar-refractivity contribution in [1.82, 2.24) is 19.8 Å². The molecule has 0 N–H and O–H groups in total. The Kier molecular flexibility index (Phi) is 4.74. The molecule has 25 heavy (non-hydrogen) atoms. The van der Waals surface area contributed by atoms with Gasteiger partial charge in [-0.05, 0) is 47.6 Å². The van der Waals surface area contributed by atoms with E-state index in [2.05, 4.69) is 31.9 Å². The molecule has 0 aromatic carbocycles. The number of fused-ring (bicyclic) bond motifs is 1. The molecule has 0 saturated carbocycles. The molecule has 2 aromatic heterocycles. The van der Waals surface area contributed by atoms with Gasteiger partial charge in [-0.2, -0.15) is 0 Å². The van der Waals surface area contributed by atoms with E-state index in [0.29, 0.717) is 24.2 Å². The molecule has 2 atom stereocenters. The van der Waals surface area contributed by atoms with Gasteiger partial charge >= 0.3 is 0 Å². The molecule has 2 aromatic rings. The summed E-state index contributed by atoms with van der Waals surface area (Å²) in [6, 6.07) is 8.14. The minimum absolute atomic E-state index is 0.291. The zero-order valence-electron chi connectivity index (χ0n) is 14.4. The molecule has 2 aliphatic heterocycles. The van der Waals surface area contributed by atoms with Crippen LogP contribution in [0.4, 0.5) is 0 Å². The van der Waals surface area contributed by atoms with Gasteiger partial charge in [-0.25, -0.2) is 0 Å². The Bertz CT molecular complexity index is 692. The maximum atomic E-state index is 12.5. The van der Waals surface area contributed by atoms with Gasteiger partial charge in [0.05, 0.1) is 0 Å². The van der Waals surface area contributed by atoms with Gasteiger partial charge in [0.2, 0.25) is 5.91 Å². The Morgan fingerprint density at radius 1 is 0.960 bits per heavy atom. The topological polar surface area (TPSA) is 49.3 Å². The van der Waals surface area contributed by atoms with Gasteiger partial charge in [-0.15, -0.1) is 0 Å². The minimum atomic E-state index is 0.291. The summed E-state index contributed by atoms with van der Waals surface area (Å²) >= 11 is 0. The highest BCUT2D eigenvalue weighted by Gasteiger charge is 2.41. The van der Waals surface area contributed by atoms with Gasteiger partial charge in [0.1, 0.15) is 0 Å². The summed E-state index contributed by atoms with van der Waals surface area (Å²) < 4.78 is 0. The molecular formula is C20H24N4O. The fourth-order valence-corrected chi connectivity index (χ4v) is 4.12. The average molecular weight is 336 g/mol. The lowest BCUT2D eigenvalue weighted by Gasteiger charge is -2.21. The molecule has 2 saturated heterocycles. The van der Waals surface area contributed by atoms with Crippen molar-refractivity contribution in [2.45, 2.75) is 19.4 Å². The van der Waals surface area contributed by atoms with Gasteiger partial charge in [-0.1, -0.05) is 6.07 Å². The summed E-state index contributed by atoms with van der Waals surface area (Å²) in [6.07, 6.45) is 8.70. The highest BCUT2D eigenvalue weighted by molar-refractivity contribution is 5.76. The molecule has 4 heterocycles. The summed E-state index contributed by atoms with van der Waals surface area (Å²) in [5.41, 5.74) is 2.46. The summed E-state index contributed by atoms with van der Waals surface area (Å²) in [7, 11) is 0. The molecule has 0 unspecified atom stereocenters. The van der Waals surface area contributed by atoms with Crippen LogP contribution in [0.2, 0.25) is 0 Å². The lowest BCUT2D eigenvalue weighted by atomic mass is 10.0. The second-order valence-corrected chi connectivity index (χ2v) is 7.23. The first kappa shape index (κ1) is 16.2. The van der Waals surface area contributed by atoms with Gasteiger partial charge in [0, 0.05) is 63.9 Å². The maximum absolute atomic E-state index is 12.5. The van der Waals surface area contributed by atoms with Gasteiger partial charge < -0.3 is 4.90 Å². The Balaban J connectivity index is 1.25. The number of carbonyl (C=O) groups is 1. The van der Waals surface area contributed by atoms with E-state index in [9.17, 15) is 4.79 Å². The van der Waals surface area contributed by atoms with Crippen LogP contribution in [0.1, 0.15) is 17.5 Å². The van der Waals surface area contributed by atoms with E-state index in [-0.39, 0.29) is 0 Å². The summed E-state index contributed by atoms with van der Waals surface area (Å²) in [4.78, 5) is 25.3. The quantitative estimate of drug-likeness (QED) is 0.838. The highest BCUT2D eigenvalue weighted by Crippen LogP contribution is 2.32. The molecule has 5 heteroatoms. The SMILES string of the molecule is O=C(CCc1cccnc1)N1C[C@H]2CN(Cc3ccncc3)C[C@@H]2C1. The highest BCUT2D eigenvalue weighted by atomic mass is 16.2. The fraction of sp³-hybridized carbons (Fsp3) is 0.450. The number of hydrogen-bond donors (Lipinski definition) is 0.